The van der Waals surface area contributed by atoms with Gasteiger partial charge in [-0.3, -0.25) is 0 Å². The van der Waals surface area contributed by atoms with Crippen LogP contribution in [0.3, 0.4) is 0 Å². The molecular formula is C17H27NO4. The van der Waals surface area contributed by atoms with Crippen LogP contribution in [0.5, 0.6) is 11.5 Å². The van der Waals surface area contributed by atoms with E-state index in [2.05, 4.69) is 19.2 Å². The second-order valence-corrected chi connectivity index (χ2v) is 5.06. The lowest BCUT2D eigenvalue weighted by Crippen LogP contribution is -2.25. The Morgan fingerprint density at radius 3 is 2.45 bits per heavy atom. The van der Waals surface area contributed by atoms with Gasteiger partial charge in [-0.05, 0) is 44.5 Å². The van der Waals surface area contributed by atoms with E-state index in [1.165, 1.54) is 12.8 Å². The molecular weight excluding hydrogens is 282 g/mol. The van der Waals surface area contributed by atoms with E-state index < -0.39 is 6.09 Å². The molecule has 1 N–H and O–H groups in total. The summed E-state index contributed by atoms with van der Waals surface area (Å²) in [5.74, 6) is 1.57. The number of hydrogen-bond acceptors (Lipinski definition) is 4. The number of carbonyl (C=O) groups excluding carboxylic acids is 1. The first-order chi connectivity index (χ1) is 10.7. The third-order valence-electron chi connectivity index (χ3n) is 3.03. The van der Waals surface area contributed by atoms with Crippen molar-refractivity contribution in [2.75, 3.05) is 19.8 Å². The molecule has 0 bridgehead atoms. The van der Waals surface area contributed by atoms with Gasteiger partial charge < -0.3 is 19.5 Å². The van der Waals surface area contributed by atoms with Crippen molar-refractivity contribution in [3.63, 3.8) is 0 Å². The van der Waals surface area contributed by atoms with Gasteiger partial charge in [-0.15, -0.1) is 0 Å². The quantitative estimate of drug-likeness (QED) is 0.668. The van der Waals surface area contributed by atoms with E-state index in [4.69, 9.17) is 14.2 Å². The summed E-state index contributed by atoms with van der Waals surface area (Å²) in [7, 11) is 0. The maximum absolute atomic E-state index is 11.1. The summed E-state index contributed by atoms with van der Waals surface area (Å²) >= 11 is 0. The summed E-state index contributed by atoms with van der Waals surface area (Å²) in [5, 5.41) is 2.55. The molecule has 1 aromatic rings. The first-order valence-electron chi connectivity index (χ1n) is 7.95. The summed E-state index contributed by atoms with van der Waals surface area (Å²) in [4.78, 5) is 11.1. The first-order valence-corrected chi connectivity index (χ1v) is 7.95. The molecule has 1 amide bonds. The fourth-order valence-corrected chi connectivity index (χ4v) is 1.89. The SMILES string of the molecule is CCCCC(C)Oc1ccc(OCCOC(=O)NCC)cc1. The molecule has 1 rings (SSSR count). The molecule has 0 saturated heterocycles. The van der Waals surface area contributed by atoms with E-state index in [-0.39, 0.29) is 12.7 Å². The fraction of sp³-hybridized carbons (Fsp3) is 0.588. The van der Waals surface area contributed by atoms with E-state index in [1.807, 2.05) is 31.2 Å². The lowest BCUT2D eigenvalue weighted by atomic mass is 10.2. The highest BCUT2D eigenvalue weighted by molar-refractivity contribution is 5.66. The smallest absolute Gasteiger partial charge is 0.407 e. The zero-order valence-electron chi connectivity index (χ0n) is 13.8. The Bertz CT molecular complexity index is 419. The third kappa shape index (κ3) is 7.76. The summed E-state index contributed by atoms with van der Waals surface area (Å²) in [6.07, 6.45) is 3.21. The van der Waals surface area contributed by atoms with Crippen LogP contribution in [0.2, 0.25) is 0 Å². The van der Waals surface area contributed by atoms with Crippen LogP contribution in [0.25, 0.3) is 0 Å². The summed E-state index contributed by atoms with van der Waals surface area (Å²) in [6, 6.07) is 7.49. The van der Waals surface area contributed by atoms with Crippen molar-refractivity contribution in [1.29, 1.82) is 0 Å². The molecule has 124 valence electrons. The minimum atomic E-state index is -0.420. The van der Waals surface area contributed by atoms with E-state index in [9.17, 15) is 4.79 Å². The van der Waals surface area contributed by atoms with Gasteiger partial charge in [0.25, 0.3) is 0 Å². The molecule has 1 unspecified atom stereocenters. The highest BCUT2D eigenvalue weighted by atomic mass is 16.6. The topological polar surface area (TPSA) is 56.8 Å². The van der Waals surface area contributed by atoms with Crippen LogP contribution in [0.1, 0.15) is 40.0 Å². The molecule has 1 aromatic carbocycles. The monoisotopic (exact) mass is 309 g/mol. The van der Waals surface area contributed by atoms with Gasteiger partial charge in [-0.2, -0.15) is 0 Å². The molecule has 0 aliphatic rings. The number of nitrogens with one attached hydrogen (secondary N) is 1. The molecule has 1 atom stereocenters. The molecule has 0 radical (unpaired) electrons. The molecule has 0 saturated carbocycles. The Hall–Kier alpha value is -1.91. The van der Waals surface area contributed by atoms with Gasteiger partial charge in [0.05, 0.1) is 6.10 Å². The minimum Gasteiger partial charge on any atom is -0.491 e. The number of carbonyl (C=O) groups is 1. The molecule has 22 heavy (non-hydrogen) atoms. The Labute approximate surface area is 132 Å². The van der Waals surface area contributed by atoms with E-state index in [0.717, 1.165) is 17.9 Å². The first kappa shape index (κ1) is 18.1. The molecule has 0 aromatic heterocycles. The Morgan fingerprint density at radius 1 is 1.14 bits per heavy atom. The van der Waals surface area contributed by atoms with Crippen LogP contribution >= 0.6 is 0 Å². The Balaban J connectivity index is 2.25. The minimum absolute atomic E-state index is 0.220. The van der Waals surface area contributed by atoms with E-state index >= 15 is 0 Å². The highest BCUT2D eigenvalue weighted by Crippen LogP contribution is 2.19. The molecule has 0 fully saturated rings. The summed E-state index contributed by atoms with van der Waals surface area (Å²) < 4.78 is 16.2. The third-order valence-corrected chi connectivity index (χ3v) is 3.03. The van der Waals surface area contributed by atoms with Crippen LogP contribution in [0.4, 0.5) is 4.79 Å². The van der Waals surface area contributed by atoms with Crippen LogP contribution in [-0.4, -0.2) is 32.0 Å². The average molecular weight is 309 g/mol. The van der Waals surface area contributed by atoms with Crippen molar-refractivity contribution in [2.45, 2.75) is 46.1 Å². The summed E-state index contributed by atoms with van der Waals surface area (Å²) in [6.45, 7) is 7.19. The lowest BCUT2D eigenvalue weighted by Gasteiger charge is -2.14. The molecule has 0 aliphatic heterocycles. The van der Waals surface area contributed by atoms with Gasteiger partial charge in [0.2, 0.25) is 0 Å². The zero-order valence-corrected chi connectivity index (χ0v) is 13.8. The zero-order chi connectivity index (χ0) is 16.2. The number of benzene rings is 1. The van der Waals surface area contributed by atoms with Crippen molar-refractivity contribution in [2.24, 2.45) is 0 Å². The van der Waals surface area contributed by atoms with Crippen LogP contribution in [-0.2, 0) is 4.74 Å². The maximum atomic E-state index is 11.1. The van der Waals surface area contributed by atoms with Gasteiger partial charge in [-0.1, -0.05) is 19.8 Å². The Morgan fingerprint density at radius 2 is 1.82 bits per heavy atom. The molecule has 0 heterocycles. The number of amides is 1. The predicted octanol–water partition coefficient (Wildman–Crippen LogP) is 3.77. The second kappa shape index (κ2) is 10.8. The van der Waals surface area contributed by atoms with Gasteiger partial charge in [0.1, 0.15) is 24.7 Å². The Kier molecular flexibility index (Phi) is 8.88. The number of rotatable bonds is 10. The van der Waals surface area contributed by atoms with Crippen molar-refractivity contribution in [3.05, 3.63) is 24.3 Å². The van der Waals surface area contributed by atoms with E-state index in [1.54, 1.807) is 0 Å². The number of alkyl carbamates (subject to hydrolysis) is 1. The summed E-state index contributed by atoms with van der Waals surface area (Å²) in [5.41, 5.74) is 0. The van der Waals surface area contributed by atoms with Crippen molar-refractivity contribution in [3.8, 4) is 11.5 Å². The van der Waals surface area contributed by atoms with Gasteiger partial charge in [0, 0.05) is 6.54 Å². The van der Waals surface area contributed by atoms with Crippen molar-refractivity contribution in [1.82, 2.24) is 5.32 Å². The van der Waals surface area contributed by atoms with Crippen molar-refractivity contribution >= 4 is 6.09 Å². The van der Waals surface area contributed by atoms with Crippen LogP contribution in [0.15, 0.2) is 24.3 Å². The molecule has 5 nitrogen and oxygen atoms in total. The standard InChI is InChI=1S/C17H27NO4/c1-4-6-7-14(3)22-16-10-8-15(9-11-16)20-12-13-21-17(19)18-5-2/h8-11,14H,4-7,12-13H2,1-3H3,(H,18,19). The normalized spacial score (nSPS) is 11.6. The van der Waals surface area contributed by atoms with Crippen molar-refractivity contribution < 1.29 is 19.0 Å². The fourth-order valence-electron chi connectivity index (χ4n) is 1.89. The van der Waals surface area contributed by atoms with Gasteiger partial charge in [-0.25, -0.2) is 4.79 Å². The average Bonchev–Trinajstić information content (AvgIpc) is 2.51. The molecule has 0 aliphatic carbocycles. The van der Waals surface area contributed by atoms with Crippen LogP contribution < -0.4 is 14.8 Å². The van der Waals surface area contributed by atoms with E-state index in [0.29, 0.717) is 13.2 Å². The maximum Gasteiger partial charge on any atom is 0.407 e. The van der Waals surface area contributed by atoms with Gasteiger partial charge >= 0.3 is 6.09 Å². The number of hydrogen-bond donors (Lipinski definition) is 1. The molecule has 0 spiro atoms. The lowest BCUT2D eigenvalue weighted by molar-refractivity contribution is 0.125. The van der Waals surface area contributed by atoms with Crippen LogP contribution in [0, 0.1) is 0 Å². The molecule has 5 heteroatoms. The highest BCUT2D eigenvalue weighted by Gasteiger charge is 2.04. The number of ether oxygens (including phenoxy) is 3. The second-order valence-electron chi connectivity index (χ2n) is 5.06. The number of unbranched alkanes of at least 4 members (excludes halogenated alkanes) is 1. The largest absolute Gasteiger partial charge is 0.491 e. The van der Waals surface area contributed by atoms with Gasteiger partial charge in [0.15, 0.2) is 0 Å². The predicted molar refractivity (Wildman–Crippen MR) is 86.6 cm³/mol.